The zero-order valence-corrected chi connectivity index (χ0v) is 16.9. The molecule has 0 unspecified atom stereocenters. The number of likely N-dealkylation sites (tertiary alicyclic amines) is 1. The highest BCUT2D eigenvalue weighted by Gasteiger charge is 2.22. The van der Waals surface area contributed by atoms with Gasteiger partial charge >= 0.3 is 5.97 Å². The zero-order valence-electron chi connectivity index (χ0n) is 16.1. The van der Waals surface area contributed by atoms with Crippen LogP contribution in [0.25, 0.3) is 12.2 Å². The normalized spacial score (nSPS) is 18.4. The molecule has 2 aliphatic rings. The Balaban J connectivity index is 1.45. The molecule has 1 N–H and O–H groups in total. The Hall–Kier alpha value is -1.64. The zero-order chi connectivity index (χ0) is 19.4. The summed E-state index contributed by atoms with van der Waals surface area (Å²) in [4.78, 5) is 14.8. The van der Waals surface area contributed by atoms with Crippen LogP contribution in [0.4, 0.5) is 0 Å². The highest BCUT2D eigenvalue weighted by molar-refractivity contribution is 7.88. The van der Waals surface area contributed by atoms with E-state index in [1.165, 1.54) is 6.26 Å². The number of carbonyl (C=O) groups excluding carboxylic acids is 1. The van der Waals surface area contributed by atoms with Gasteiger partial charge in [0.05, 0.1) is 18.4 Å². The highest BCUT2D eigenvalue weighted by atomic mass is 32.2. The Morgan fingerprint density at radius 1 is 1.26 bits per heavy atom. The van der Waals surface area contributed by atoms with E-state index in [1.54, 1.807) is 0 Å². The number of rotatable bonds is 7. The molecule has 1 aromatic heterocycles. The second-order valence-corrected chi connectivity index (χ2v) is 9.32. The molecule has 0 bridgehead atoms. The van der Waals surface area contributed by atoms with E-state index >= 15 is 0 Å². The number of nitrogens with zero attached hydrogens (tertiary/aromatic N) is 2. The topological polar surface area (TPSA) is 80.6 Å². The lowest BCUT2D eigenvalue weighted by Gasteiger charge is -2.31. The first-order valence-corrected chi connectivity index (χ1v) is 11.4. The Morgan fingerprint density at radius 3 is 2.67 bits per heavy atom. The van der Waals surface area contributed by atoms with E-state index in [4.69, 9.17) is 4.74 Å². The van der Waals surface area contributed by atoms with E-state index in [2.05, 4.69) is 21.8 Å². The number of aromatic nitrogens is 1. The second kappa shape index (κ2) is 8.58. The summed E-state index contributed by atoms with van der Waals surface area (Å²) in [6.45, 7) is 3.39. The number of esters is 1. The average molecular weight is 396 g/mol. The summed E-state index contributed by atoms with van der Waals surface area (Å²) < 4.78 is 32.3. The summed E-state index contributed by atoms with van der Waals surface area (Å²) in [6, 6.07) is 0. The van der Waals surface area contributed by atoms with Gasteiger partial charge in [-0.15, -0.1) is 0 Å². The van der Waals surface area contributed by atoms with Crippen LogP contribution in [-0.4, -0.2) is 62.9 Å². The van der Waals surface area contributed by atoms with Crippen LogP contribution in [0.2, 0.25) is 0 Å². The molecular formula is C19H29N3O4S. The molecule has 7 nitrogen and oxygen atoms in total. The Labute approximate surface area is 160 Å². The van der Waals surface area contributed by atoms with Gasteiger partial charge < -0.3 is 14.2 Å². The summed E-state index contributed by atoms with van der Waals surface area (Å²) in [6.07, 6.45) is 11.2. The van der Waals surface area contributed by atoms with Gasteiger partial charge in [-0.3, -0.25) is 0 Å². The Bertz CT molecular complexity index is 896. The lowest BCUT2D eigenvalue weighted by atomic mass is 9.98. The molecule has 0 radical (unpaired) electrons. The van der Waals surface area contributed by atoms with Crippen LogP contribution in [0.3, 0.4) is 0 Å². The van der Waals surface area contributed by atoms with E-state index in [1.807, 2.05) is 17.8 Å². The summed E-state index contributed by atoms with van der Waals surface area (Å²) in [5.74, 6) is 0.126. The van der Waals surface area contributed by atoms with E-state index in [0.29, 0.717) is 31.2 Å². The highest BCUT2D eigenvalue weighted by Crippen LogP contribution is 2.17. The maximum Gasteiger partial charge on any atom is 0.340 e. The van der Waals surface area contributed by atoms with Crippen LogP contribution in [-0.2, 0) is 21.8 Å². The van der Waals surface area contributed by atoms with Crippen molar-refractivity contribution in [1.29, 1.82) is 0 Å². The lowest BCUT2D eigenvalue weighted by Crippen LogP contribution is -2.40. The fraction of sp³-hybridized carbons (Fsp3) is 0.632. The van der Waals surface area contributed by atoms with Crippen molar-refractivity contribution in [2.45, 2.75) is 25.7 Å². The van der Waals surface area contributed by atoms with Crippen molar-refractivity contribution in [3.8, 4) is 0 Å². The minimum atomic E-state index is -3.13. The van der Waals surface area contributed by atoms with E-state index in [0.717, 1.165) is 49.3 Å². The number of hydrogen-bond acceptors (Lipinski definition) is 5. The molecule has 1 saturated heterocycles. The number of carbonyl (C=O) groups is 1. The molecule has 1 aliphatic carbocycles. The standard InChI is InChI=1S/C19H29N3O4S/c1-21-13-17(16-5-3-4-6-18(16)21)19(23)26-14-15-7-10-22(11-8-15)12-9-20-27(2,24)25/h5-6,13,15,20H,3-4,7-12,14H2,1-2H3. The first-order chi connectivity index (χ1) is 12.8. The van der Waals surface area contributed by atoms with Crippen molar-refractivity contribution in [2.24, 2.45) is 13.0 Å². The van der Waals surface area contributed by atoms with Gasteiger partial charge in [-0.05, 0) is 44.7 Å². The van der Waals surface area contributed by atoms with Gasteiger partial charge in [-0.25, -0.2) is 17.9 Å². The monoisotopic (exact) mass is 395 g/mol. The van der Waals surface area contributed by atoms with Crippen molar-refractivity contribution in [1.82, 2.24) is 14.2 Å². The van der Waals surface area contributed by atoms with E-state index < -0.39 is 10.0 Å². The van der Waals surface area contributed by atoms with Gasteiger partial charge in [-0.2, -0.15) is 0 Å². The van der Waals surface area contributed by atoms with Gasteiger partial charge in [0, 0.05) is 36.9 Å². The fourth-order valence-electron chi connectivity index (χ4n) is 3.78. The SMILES string of the molecule is Cn1cc(C(=O)OCC2CCN(CCNS(C)(=O)=O)CC2)c2c1=CCCC=2. The molecule has 1 aliphatic heterocycles. The Kier molecular flexibility index (Phi) is 6.39. The minimum absolute atomic E-state index is 0.238. The number of ether oxygens (including phenoxy) is 1. The molecule has 1 fully saturated rings. The number of hydrogen-bond donors (Lipinski definition) is 1. The average Bonchev–Trinajstić information content (AvgIpc) is 2.97. The molecule has 2 heterocycles. The van der Waals surface area contributed by atoms with Crippen molar-refractivity contribution < 1.29 is 17.9 Å². The molecule has 1 aromatic rings. The number of piperidine rings is 1. The third kappa shape index (κ3) is 5.43. The first-order valence-electron chi connectivity index (χ1n) is 9.53. The maximum absolute atomic E-state index is 12.5. The van der Waals surface area contributed by atoms with Crippen LogP contribution in [0.15, 0.2) is 6.20 Å². The third-order valence-electron chi connectivity index (χ3n) is 5.29. The molecule has 0 saturated carbocycles. The number of nitrogens with one attached hydrogen (secondary N) is 1. The van der Waals surface area contributed by atoms with Crippen LogP contribution < -0.4 is 15.3 Å². The van der Waals surface area contributed by atoms with Crippen LogP contribution in [0.1, 0.15) is 36.0 Å². The van der Waals surface area contributed by atoms with Crippen molar-refractivity contribution in [3.05, 3.63) is 22.3 Å². The van der Waals surface area contributed by atoms with E-state index in [-0.39, 0.29) is 5.97 Å². The van der Waals surface area contributed by atoms with Crippen LogP contribution in [0.5, 0.6) is 0 Å². The molecule has 0 atom stereocenters. The predicted octanol–water partition coefficient (Wildman–Crippen LogP) is -0.202. The van der Waals surface area contributed by atoms with Gasteiger partial charge in [0.25, 0.3) is 0 Å². The second-order valence-electron chi connectivity index (χ2n) is 7.49. The van der Waals surface area contributed by atoms with Crippen molar-refractivity contribution in [3.63, 3.8) is 0 Å². The fourth-order valence-corrected chi connectivity index (χ4v) is 4.24. The molecule has 0 spiro atoms. The summed E-state index contributed by atoms with van der Waals surface area (Å²) in [5.41, 5.74) is 0.660. The van der Waals surface area contributed by atoms with Gasteiger partial charge in [0.2, 0.25) is 10.0 Å². The molecule has 27 heavy (non-hydrogen) atoms. The molecule has 0 aromatic carbocycles. The molecule has 0 amide bonds. The number of fused-ring (bicyclic) bond motifs is 1. The van der Waals surface area contributed by atoms with Crippen molar-refractivity contribution >= 4 is 28.1 Å². The van der Waals surface area contributed by atoms with E-state index in [9.17, 15) is 13.2 Å². The largest absolute Gasteiger partial charge is 0.462 e. The molecular weight excluding hydrogens is 366 g/mol. The summed E-state index contributed by atoms with van der Waals surface area (Å²) in [7, 11) is -1.17. The smallest absolute Gasteiger partial charge is 0.340 e. The molecule has 150 valence electrons. The van der Waals surface area contributed by atoms with Crippen molar-refractivity contribution in [2.75, 3.05) is 39.0 Å². The minimum Gasteiger partial charge on any atom is -0.462 e. The van der Waals surface area contributed by atoms with Gasteiger partial charge in [0.15, 0.2) is 0 Å². The lowest BCUT2D eigenvalue weighted by molar-refractivity contribution is 0.0372. The number of aryl methyl sites for hydroxylation is 1. The number of sulfonamides is 1. The molecule has 8 heteroatoms. The summed E-state index contributed by atoms with van der Waals surface area (Å²) >= 11 is 0. The Morgan fingerprint density at radius 2 is 1.96 bits per heavy atom. The summed E-state index contributed by atoms with van der Waals surface area (Å²) in [5, 5.41) is 2.10. The first kappa shape index (κ1) is 20.1. The predicted molar refractivity (Wildman–Crippen MR) is 105 cm³/mol. The van der Waals surface area contributed by atoms with Gasteiger partial charge in [0.1, 0.15) is 0 Å². The van der Waals surface area contributed by atoms with Crippen LogP contribution >= 0.6 is 0 Å². The van der Waals surface area contributed by atoms with Crippen LogP contribution in [0, 0.1) is 5.92 Å². The molecule has 3 rings (SSSR count). The van der Waals surface area contributed by atoms with Gasteiger partial charge in [-0.1, -0.05) is 12.2 Å². The maximum atomic E-state index is 12.5. The quantitative estimate of drug-likeness (QED) is 0.647. The third-order valence-corrected chi connectivity index (χ3v) is 6.02.